The summed E-state index contributed by atoms with van der Waals surface area (Å²) in [7, 11) is 1.59. The van der Waals surface area contributed by atoms with Gasteiger partial charge in [-0.2, -0.15) is 0 Å². The van der Waals surface area contributed by atoms with Gasteiger partial charge in [-0.25, -0.2) is 0 Å². The summed E-state index contributed by atoms with van der Waals surface area (Å²) in [5.74, 6) is 0.0498. The number of carbonyl (C=O) groups excluding carboxylic acids is 3. The number of rotatable bonds is 6. The van der Waals surface area contributed by atoms with E-state index in [-0.39, 0.29) is 28.6 Å². The molecule has 2 heterocycles. The minimum absolute atomic E-state index is 0.00473. The van der Waals surface area contributed by atoms with Gasteiger partial charge >= 0.3 is 0 Å². The molecule has 1 aliphatic carbocycles. The first-order valence-electron chi connectivity index (χ1n) is 11.3. The van der Waals surface area contributed by atoms with E-state index in [1.54, 1.807) is 55.6 Å². The van der Waals surface area contributed by atoms with Gasteiger partial charge in [0.05, 0.1) is 7.11 Å². The van der Waals surface area contributed by atoms with Gasteiger partial charge in [0, 0.05) is 56.0 Å². The second-order valence-electron chi connectivity index (χ2n) is 8.51. The summed E-state index contributed by atoms with van der Waals surface area (Å²) >= 11 is 0. The Bertz CT molecular complexity index is 1250. The standard InChI is InChI=1S/C25H25N4O5/c1-34-18-9-7-17(8-10-18)25(32)27-15-13-26(14-16-27)11-4-12-28-21-22(29(28)33)24(31)20-6-3-2-5-19(20)23(21)30/h2-3,5-10H,4,11-16H2,1H3/q-1. The van der Waals surface area contributed by atoms with Crippen LogP contribution in [0.5, 0.6) is 5.75 Å². The number of benzene rings is 2. The van der Waals surface area contributed by atoms with Crippen molar-refractivity contribution in [3.63, 3.8) is 0 Å². The van der Waals surface area contributed by atoms with Gasteiger partial charge in [0.2, 0.25) is 11.6 Å². The van der Waals surface area contributed by atoms with Crippen molar-refractivity contribution in [1.82, 2.24) is 19.3 Å². The lowest BCUT2D eigenvalue weighted by atomic mass is 9.89. The molecule has 2 aliphatic rings. The fraction of sp³-hybridized carbons (Fsp3) is 0.320. The third-order valence-corrected chi connectivity index (χ3v) is 6.58. The van der Waals surface area contributed by atoms with Gasteiger partial charge < -0.3 is 19.7 Å². The van der Waals surface area contributed by atoms with Crippen LogP contribution in [0.3, 0.4) is 0 Å². The lowest BCUT2D eigenvalue weighted by molar-refractivity contribution is 0.0633. The number of fused-ring (bicyclic) bond motifs is 2. The maximum absolute atomic E-state index is 12.8. The number of amides is 1. The van der Waals surface area contributed by atoms with Gasteiger partial charge in [-0.15, -0.1) is 0 Å². The van der Waals surface area contributed by atoms with Crippen LogP contribution in [0.4, 0.5) is 0 Å². The van der Waals surface area contributed by atoms with Gasteiger partial charge in [0.15, 0.2) is 0 Å². The average Bonchev–Trinajstić information content (AvgIpc) is 2.88. The Morgan fingerprint density at radius 2 is 1.50 bits per heavy atom. The topological polar surface area (TPSA) is 99.8 Å². The molecule has 0 radical (unpaired) electrons. The Balaban J connectivity index is 1.14. The fourth-order valence-electron chi connectivity index (χ4n) is 4.67. The first kappa shape index (κ1) is 22.0. The highest BCUT2D eigenvalue weighted by Gasteiger charge is 2.36. The van der Waals surface area contributed by atoms with Crippen LogP contribution in [0.2, 0.25) is 0 Å². The van der Waals surface area contributed by atoms with Crippen molar-refractivity contribution in [2.45, 2.75) is 13.0 Å². The Kier molecular flexibility index (Phi) is 5.70. The zero-order valence-corrected chi connectivity index (χ0v) is 18.9. The average molecular weight is 461 g/mol. The Hall–Kier alpha value is -3.85. The van der Waals surface area contributed by atoms with Crippen molar-refractivity contribution in [1.29, 1.82) is 0 Å². The Morgan fingerprint density at radius 1 is 0.882 bits per heavy atom. The fourth-order valence-corrected chi connectivity index (χ4v) is 4.67. The van der Waals surface area contributed by atoms with Crippen LogP contribution in [0.25, 0.3) is 0 Å². The summed E-state index contributed by atoms with van der Waals surface area (Å²) in [6.07, 6.45) is 0.658. The number of carbonyl (C=O) groups is 3. The van der Waals surface area contributed by atoms with E-state index in [9.17, 15) is 19.6 Å². The molecule has 1 aliphatic heterocycles. The highest BCUT2D eigenvalue weighted by Crippen LogP contribution is 2.30. The lowest BCUT2D eigenvalue weighted by Crippen LogP contribution is -2.49. The number of ketones is 2. The largest absolute Gasteiger partial charge is 0.791 e. The third-order valence-electron chi connectivity index (χ3n) is 6.58. The number of piperazine rings is 1. The van der Waals surface area contributed by atoms with Crippen LogP contribution in [-0.4, -0.2) is 76.6 Å². The van der Waals surface area contributed by atoms with E-state index < -0.39 is 5.78 Å². The van der Waals surface area contributed by atoms with Crippen molar-refractivity contribution < 1.29 is 19.1 Å². The Morgan fingerprint density at radius 3 is 2.12 bits per heavy atom. The monoisotopic (exact) mass is 461 g/mol. The van der Waals surface area contributed by atoms with Gasteiger partial charge in [-0.05, 0) is 30.7 Å². The molecule has 0 bridgehead atoms. The first-order valence-corrected chi connectivity index (χ1v) is 11.3. The van der Waals surface area contributed by atoms with Crippen LogP contribution in [0.1, 0.15) is 48.9 Å². The first-order chi connectivity index (χ1) is 16.5. The highest BCUT2D eigenvalue weighted by atomic mass is 16.5. The van der Waals surface area contributed by atoms with Crippen LogP contribution < -0.4 is 4.74 Å². The van der Waals surface area contributed by atoms with Crippen molar-refractivity contribution in [2.24, 2.45) is 0 Å². The highest BCUT2D eigenvalue weighted by molar-refractivity contribution is 6.27. The maximum Gasteiger partial charge on any atom is 0.253 e. The van der Waals surface area contributed by atoms with E-state index in [1.165, 1.54) is 4.68 Å². The zero-order valence-electron chi connectivity index (χ0n) is 18.9. The molecule has 176 valence electrons. The zero-order chi connectivity index (χ0) is 23.8. The van der Waals surface area contributed by atoms with Gasteiger partial charge in [-0.3, -0.25) is 24.0 Å². The minimum atomic E-state index is -0.394. The molecule has 1 fully saturated rings. The third kappa shape index (κ3) is 3.67. The number of methoxy groups -OCH3 is 1. The summed E-state index contributed by atoms with van der Waals surface area (Å²) in [5.41, 5.74) is 1.42. The molecule has 9 nitrogen and oxygen atoms in total. The number of nitrogens with zero attached hydrogens (tertiary/aromatic N) is 4. The molecule has 2 aromatic carbocycles. The molecule has 0 N–H and O–H groups in total. The molecular weight excluding hydrogens is 436 g/mol. The van der Waals surface area contributed by atoms with E-state index in [1.807, 2.05) is 4.90 Å². The maximum atomic E-state index is 12.8. The molecular formula is C25H25N4O5-. The number of hydrogen-bond donors (Lipinski definition) is 0. The van der Waals surface area contributed by atoms with Crippen molar-refractivity contribution in [3.8, 4) is 5.75 Å². The van der Waals surface area contributed by atoms with Crippen LogP contribution in [0.15, 0.2) is 48.5 Å². The number of ether oxygens (including phenoxy) is 1. The second kappa shape index (κ2) is 8.83. The second-order valence-corrected chi connectivity index (χ2v) is 8.51. The Labute approximate surface area is 196 Å². The molecule has 1 amide bonds. The van der Waals surface area contributed by atoms with E-state index in [2.05, 4.69) is 4.90 Å². The molecule has 0 unspecified atom stereocenters. The number of aromatic nitrogens is 2. The van der Waals surface area contributed by atoms with Crippen molar-refractivity contribution in [2.75, 3.05) is 39.8 Å². The quantitative estimate of drug-likeness (QED) is 0.437. The molecule has 34 heavy (non-hydrogen) atoms. The summed E-state index contributed by atoms with van der Waals surface area (Å²) in [6.45, 7) is 3.82. The van der Waals surface area contributed by atoms with E-state index in [0.29, 0.717) is 47.8 Å². The van der Waals surface area contributed by atoms with Gasteiger partial charge in [0.25, 0.3) is 5.91 Å². The summed E-state index contributed by atoms with van der Waals surface area (Å²) in [6, 6.07) is 13.7. The van der Waals surface area contributed by atoms with E-state index in [0.717, 1.165) is 19.6 Å². The normalized spacial score (nSPS) is 15.9. The predicted molar refractivity (Wildman–Crippen MR) is 124 cm³/mol. The molecule has 1 saturated heterocycles. The summed E-state index contributed by atoms with van der Waals surface area (Å²) in [4.78, 5) is 42.8. The SMILES string of the molecule is COc1ccc(C(=O)N2CCN(CCCn3c4c(n3[O-])C(=O)c3ccccc3C4=O)CC2)cc1. The summed E-state index contributed by atoms with van der Waals surface area (Å²) < 4.78 is 6.50. The smallest absolute Gasteiger partial charge is 0.253 e. The van der Waals surface area contributed by atoms with Gasteiger partial charge in [-0.1, -0.05) is 24.3 Å². The molecule has 0 saturated carbocycles. The molecule has 9 heteroatoms. The molecule has 5 rings (SSSR count). The molecule has 1 aromatic heterocycles. The van der Waals surface area contributed by atoms with E-state index in [4.69, 9.17) is 4.74 Å². The van der Waals surface area contributed by atoms with Crippen LogP contribution >= 0.6 is 0 Å². The number of hydrogen-bond acceptors (Lipinski definition) is 6. The van der Waals surface area contributed by atoms with Crippen LogP contribution in [0, 0.1) is 5.21 Å². The molecule has 0 spiro atoms. The van der Waals surface area contributed by atoms with E-state index >= 15 is 0 Å². The van der Waals surface area contributed by atoms with Crippen LogP contribution in [-0.2, 0) is 6.54 Å². The molecule has 3 aromatic rings. The van der Waals surface area contributed by atoms with Crippen molar-refractivity contribution >= 4 is 17.5 Å². The van der Waals surface area contributed by atoms with Gasteiger partial charge in [0.1, 0.15) is 17.1 Å². The minimum Gasteiger partial charge on any atom is -0.791 e. The summed E-state index contributed by atoms with van der Waals surface area (Å²) in [5, 5.41) is 12.5. The predicted octanol–water partition coefficient (Wildman–Crippen LogP) is 2.27. The lowest BCUT2D eigenvalue weighted by Gasteiger charge is -2.37. The van der Waals surface area contributed by atoms with Crippen molar-refractivity contribution in [3.05, 3.63) is 81.8 Å². The molecule has 0 atom stereocenters.